The second kappa shape index (κ2) is 13.2. The SMILES string of the molecule is CCNC(=NCc1ccc(OC)c(OC)c1OC)N1CCN(C(=O)OCC)CC1.I. The average molecular weight is 536 g/mol. The number of guanidine groups is 1. The summed E-state index contributed by atoms with van der Waals surface area (Å²) in [4.78, 5) is 20.5. The molecular weight excluding hydrogens is 503 g/mol. The smallest absolute Gasteiger partial charge is 0.409 e. The van der Waals surface area contributed by atoms with Gasteiger partial charge in [0.15, 0.2) is 17.5 Å². The quantitative estimate of drug-likeness (QED) is 0.326. The van der Waals surface area contributed by atoms with Crippen molar-refractivity contribution < 1.29 is 23.7 Å². The minimum absolute atomic E-state index is 0. The maximum absolute atomic E-state index is 11.9. The van der Waals surface area contributed by atoms with Crippen LogP contribution in [0.1, 0.15) is 19.4 Å². The molecular formula is C20H33IN4O5. The standard InChI is InChI=1S/C20H32N4O5.HI/c1-6-21-19(23-10-12-24(13-11-23)20(25)29-7-2)22-14-15-8-9-16(26-3)18(28-5)17(15)27-4;/h8-9H,6-7,10-14H2,1-5H3,(H,21,22);1H. The highest BCUT2D eigenvalue weighted by atomic mass is 127. The number of piperazine rings is 1. The van der Waals surface area contributed by atoms with Crippen LogP contribution in [-0.4, -0.2) is 82.5 Å². The molecule has 9 nitrogen and oxygen atoms in total. The molecule has 1 N–H and O–H groups in total. The van der Waals surface area contributed by atoms with Crippen LogP contribution in [0.4, 0.5) is 4.79 Å². The summed E-state index contributed by atoms with van der Waals surface area (Å²) in [7, 11) is 4.78. The van der Waals surface area contributed by atoms with Crippen LogP contribution in [0.15, 0.2) is 17.1 Å². The third kappa shape index (κ3) is 6.44. The zero-order valence-electron chi connectivity index (χ0n) is 18.4. The molecule has 0 atom stereocenters. The minimum Gasteiger partial charge on any atom is -0.493 e. The number of carbonyl (C=O) groups is 1. The molecule has 170 valence electrons. The van der Waals surface area contributed by atoms with Crippen LogP contribution >= 0.6 is 24.0 Å². The fourth-order valence-electron chi connectivity index (χ4n) is 3.19. The van der Waals surface area contributed by atoms with Crippen molar-refractivity contribution in [1.82, 2.24) is 15.1 Å². The Labute approximate surface area is 195 Å². The number of benzene rings is 1. The van der Waals surface area contributed by atoms with E-state index in [1.165, 1.54) is 0 Å². The molecule has 0 aromatic heterocycles. The van der Waals surface area contributed by atoms with Gasteiger partial charge in [-0.05, 0) is 26.0 Å². The first kappa shape index (κ1) is 25.9. The topological polar surface area (TPSA) is 84.9 Å². The summed E-state index contributed by atoms with van der Waals surface area (Å²) in [5.41, 5.74) is 0.894. The molecule has 1 aromatic carbocycles. The first-order chi connectivity index (χ1) is 14.1. The first-order valence-electron chi connectivity index (χ1n) is 9.82. The number of aliphatic imine (C=N–C) groups is 1. The number of carbonyl (C=O) groups excluding carboxylic acids is 1. The number of hydrogen-bond acceptors (Lipinski definition) is 6. The fraction of sp³-hybridized carbons (Fsp3) is 0.600. The van der Waals surface area contributed by atoms with E-state index in [4.69, 9.17) is 23.9 Å². The third-order valence-electron chi connectivity index (χ3n) is 4.63. The summed E-state index contributed by atoms with van der Waals surface area (Å²) < 4.78 is 21.4. The Bertz CT molecular complexity index is 709. The molecule has 1 aromatic rings. The molecule has 0 spiro atoms. The van der Waals surface area contributed by atoms with E-state index in [1.54, 1.807) is 26.2 Å². The highest BCUT2D eigenvalue weighted by Gasteiger charge is 2.24. The van der Waals surface area contributed by atoms with Crippen LogP contribution in [0.3, 0.4) is 0 Å². The molecule has 0 saturated carbocycles. The zero-order chi connectivity index (χ0) is 21.2. The Morgan fingerprint density at radius 3 is 2.17 bits per heavy atom. The van der Waals surface area contributed by atoms with Crippen LogP contribution < -0.4 is 19.5 Å². The normalized spacial score (nSPS) is 14.0. The van der Waals surface area contributed by atoms with Crippen molar-refractivity contribution in [3.8, 4) is 17.2 Å². The summed E-state index contributed by atoms with van der Waals surface area (Å²) in [5.74, 6) is 2.57. The highest BCUT2D eigenvalue weighted by Crippen LogP contribution is 2.39. The van der Waals surface area contributed by atoms with E-state index in [9.17, 15) is 4.79 Å². The number of ether oxygens (including phenoxy) is 4. The van der Waals surface area contributed by atoms with Gasteiger partial charge in [-0.25, -0.2) is 9.79 Å². The molecule has 1 saturated heterocycles. The van der Waals surface area contributed by atoms with Gasteiger partial charge in [0.1, 0.15) is 0 Å². The van der Waals surface area contributed by atoms with Gasteiger partial charge in [0, 0.05) is 38.3 Å². The van der Waals surface area contributed by atoms with Gasteiger partial charge in [-0.2, -0.15) is 0 Å². The van der Waals surface area contributed by atoms with Crippen molar-refractivity contribution >= 4 is 36.0 Å². The Morgan fingerprint density at radius 1 is 1.00 bits per heavy atom. The number of hydrogen-bond donors (Lipinski definition) is 1. The number of methoxy groups -OCH3 is 3. The Hall–Kier alpha value is -2.11. The molecule has 0 unspecified atom stereocenters. The number of nitrogens with zero attached hydrogens (tertiary/aromatic N) is 3. The predicted molar refractivity (Wildman–Crippen MR) is 126 cm³/mol. The largest absolute Gasteiger partial charge is 0.493 e. The zero-order valence-corrected chi connectivity index (χ0v) is 20.7. The first-order valence-corrected chi connectivity index (χ1v) is 9.82. The molecule has 10 heteroatoms. The summed E-state index contributed by atoms with van der Waals surface area (Å²) >= 11 is 0. The van der Waals surface area contributed by atoms with Gasteiger partial charge in [0.05, 0.1) is 34.5 Å². The van der Waals surface area contributed by atoms with Crippen LogP contribution in [0.25, 0.3) is 0 Å². The van der Waals surface area contributed by atoms with Crippen LogP contribution in [0.5, 0.6) is 17.2 Å². The summed E-state index contributed by atoms with van der Waals surface area (Å²) in [6.07, 6.45) is -0.260. The molecule has 0 aliphatic carbocycles. The lowest BCUT2D eigenvalue weighted by Gasteiger charge is -2.35. The number of nitrogens with one attached hydrogen (secondary N) is 1. The van der Waals surface area contributed by atoms with Crippen molar-refractivity contribution in [2.75, 3.05) is 60.7 Å². The third-order valence-corrected chi connectivity index (χ3v) is 4.63. The lowest BCUT2D eigenvalue weighted by atomic mass is 10.1. The van der Waals surface area contributed by atoms with Gasteiger partial charge in [-0.15, -0.1) is 24.0 Å². The van der Waals surface area contributed by atoms with Gasteiger partial charge in [0.25, 0.3) is 0 Å². The van der Waals surface area contributed by atoms with Gasteiger partial charge < -0.3 is 34.1 Å². The van der Waals surface area contributed by atoms with Crippen molar-refractivity contribution in [3.05, 3.63) is 17.7 Å². The van der Waals surface area contributed by atoms with Crippen LogP contribution in [0.2, 0.25) is 0 Å². The van der Waals surface area contributed by atoms with Crippen molar-refractivity contribution in [2.24, 2.45) is 4.99 Å². The molecule has 30 heavy (non-hydrogen) atoms. The van der Waals surface area contributed by atoms with E-state index < -0.39 is 0 Å². The number of rotatable bonds is 7. The summed E-state index contributed by atoms with van der Waals surface area (Å²) in [6, 6.07) is 3.77. The molecule has 1 heterocycles. The lowest BCUT2D eigenvalue weighted by Crippen LogP contribution is -2.53. The molecule has 0 bridgehead atoms. The summed E-state index contributed by atoms with van der Waals surface area (Å²) in [6.45, 7) is 7.97. The second-order valence-corrected chi connectivity index (χ2v) is 6.34. The lowest BCUT2D eigenvalue weighted by molar-refractivity contribution is 0.0914. The maximum Gasteiger partial charge on any atom is 0.409 e. The van der Waals surface area contributed by atoms with Crippen LogP contribution in [-0.2, 0) is 11.3 Å². The predicted octanol–water partition coefficient (Wildman–Crippen LogP) is 2.57. The van der Waals surface area contributed by atoms with Gasteiger partial charge >= 0.3 is 6.09 Å². The van der Waals surface area contributed by atoms with E-state index in [-0.39, 0.29) is 30.1 Å². The van der Waals surface area contributed by atoms with E-state index in [0.29, 0.717) is 56.6 Å². The van der Waals surface area contributed by atoms with Crippen LogP contribution in [0, 0.1) is 0 Å². The Morgan fingerprint density at radius 2 is 1.63 bits per heavy atom. The van der Waals surface area contributed by atoms with Gasteiger partial charge in [-0.3, -0.25) is 0 Å². The minimum atomic E-state index is -0.260. The monoisotopic (exact) mass is 536 g/mol. The van der Waals surface area contributed by atoms with E-state index >= 15 is 0 Å². The van der Waals surface area contributed by atoms with E-state index in [0.717, 1.165) is 18.1 Å². The molecule has 1 aliphatic rings. The number of amides is 1. The fourth-order valence-corrected chi connectivity index (χ4v) is 3.19. The van der Waals surface area contributed by atoms with Gasteiger partial charge in [0.2, 0.25) is 5.75 Å². The van der Waals surface area contributed by atoms with Gasteiger partial charge in [-0.1, -0.05) is 0 Å². The van der Waals surface area contributed by atoms with E-state index in [2.05, 4.69) is 10.2 Å². The molecule has 1 fully saturated rings. The molecule has 0 radical (unpaired) electrons. The molecule has 1 amide bonds. The van der Waals surface area contributed by atoms with Crippen molar-refractivity contribution in [1.29, 1.82) is 0 Å². The number of halogens is 1. The Kier molecular flexibility index (Phi) is 11.4. The summed E-state index contributed by atoms with van der Waals surface area (Å²) in [5, 5.41) is 3.32. The average Bonchev–Trinajstić information content (AvgIpc) is 2.76. The molecule has 1 aliphatic heterocycles. The second-order valence-electron chi connectivity index (χ2n) is 6.34. The van der Waals surface area contributed by atoms with Crippen molar-refractivity contribution in [3.63, 3.8) is 0 Å². The molecule has 2 rings (SSSR count). The highest BCUT2D eigenvalue weighted by molar-refractivity contribution is 14.0. The Balaban J connectivity index is 0.00000450. The van der Waals surface area contributed by atoms with Crippen molar-refractivity contribution in [2.45, 2.75) is 20.4 Å². The maximum atomic E-state index is 11.9. The van der Waals surface area contributed by atoms with E-state index in [1.807, 2.05) is 26.0 Å².